The molecule has 0 spiro atoms. The van der Waals surface area contributed by atoms with Crippen LogP contribution in [0.5, 0.6) is 5.75 Å². The Morgan fingerprint density at radius 1 is 1.20 bits per heavy atom. The van der Waals surface area contributed by atoms with Crippen molar-refractivity contribution < 1.29 is 17.9 Å². The second kappa shape index (κ2) is 7.63. The smallest absolute Gasteiger partial charge is 0.314 e. The predicted molar refractivity (Wildman–Crippen MR) is 97.9 cm³/mol. The molecule has 1 aromatic heterocycles. The molecule has 134 valence electrons. The predicted octanol–water partition coefficient (Wildman–Crippen LogP) is 4.06. The standard InChI is InChI=1S/C16H15Cl2NO4S2/c17-12-3-4-14(13(18)10-12)23-16(20)11-5-7-19(8-6-11)25(21,22)15-2-1-9-24-15/h1-4,9-11H,5-8H2. The highest BCUT2D eigenvalue weighted by atomic mass is 35.5. The molecule has 1 aromatic carbocycles. The minimum atomic E-state index is -3.47. The third kappa shape index (κ3) is 4.17. The van der Waals surface area contributed by atoms with E-state index in [4.69, 9.17) is 27.9 Å². The molecule has 1 saturated heterocycles. The van der Waals surface area contributed by atoms with Gasteiger partial charge in [-0.1, -0.05) is 29.3 Å². The van der Waals surface area contributed by atoms with Crippen LogP contribution in [0, 0.1) is 5.92 Å². The van der Waals surface area contributed by atoms with Crippen LogP contribution in [0.25, 0.3) is 0 Å². The van der Waals surface area contributed by atoms with Crippen molar-refractivity contribution in [3.8, 4) is 5.75 Å². The highest BCUT2D eigenvalue weighted by Gasteiger charge is 2.33. The van der Waals surface area contributed by atoms with Gasteiger partial charge in [0.15, 0.2) is 0 Å². The van der Waals surface area contributed by atoms with Gasteiger partial charge >= 0.3 is 5.97 Å². The maximum atomic E-state index is 12.5. The fourth-order valence-electron chi connectivity index (χ4n) is 2.62. The van der Waals surface area contributed by atoms with Crippen molar-refractivity contribution in [3.05, 3.63) is 45.8 Å². The van der Waals surface area contributed by atoms with E-state index in [1.54, 1.807) is 29.6 Å². The SMILES string of the molecule is O=C(Oc1ccc(Cl)cc1Cl)C1CCN(S(=O)(=O)c2cccs2)CC1. The van der Waals surface area contributed by atoms with Gasteiger partial charge in [0.2, 0.25) is 0 Å². The number of benzene rings is 1. The Hall–Kier alpha value is -1.12. The van der Waals surface area contributed by atoms with Gasteiger partial charge in [0, 0.05) is 18.1 Å². The van der Waals surface area contributed by atoms with Crippen molar-refractivity contribution >= 4 is 50.5 Å². The van der Waals surface area contributed by atoms with Gasteiger partial charge in [-0.15, -0.1) is 11.3 Å². The van der Waals surface area contributed by atoms with E-state index in [1.807, 2.05) is 0 Å². The van der Waals surface area contributed by atoms with Crippen molar-refractivity contribution in [2.45, 2.75) is 17.1 Å². The number of piperidine rings is 1. The van der Waals surface area contributed by atoms with Crippen molar-refractivity contribution in [2.75, 3.05) is 13.1 Å². The molecule has 9 heteroatoms. The topological polar surface area (TPSA) is 63.7 Å². The lowest BCUT2D eigenvalue weighted by Crippen LogP contribution is -2.40. The Bertz CT molecular complexity index is 860. The summed E-state index contributed by atoms with van der Waals surface area (Å²) in [5.41, 5.74) is 0. The Morgan fingerprint density at radius 3 is 2.52 bits per heavy atom. The van der Waals surface area contributed by atoms with Gasteiger partial charge in [-0.3, -0.25) is 4.79 Å². The van der Waals surface area contributed by atoms with Crippen LogP contribution in [0.3, 0.4) is 0 Å². The number of hydrogen-bond donors (Lipinski definition) is 0. The summed E-state index contributed by atoms with van der Waals surface area (Å²) < 4.78 is 32.0. The lowest BCUT2D eigenvalue weighted by molar-refractivity contribution is -0.140. The average molecular weight is 420 g/mol. The summed E-state index contributed by atoms with van der Waals surface area (Å²) in [6, 6.07) is 7.92. The first-order valence-electron chi connectivity index (χ1n) is 7.58. The molecular formula is C16H15Cl2NO4S2. The van der Waals surface area contributed by atoms with Crippen LogP contribution in [-0.4, -0.2) is 31.8 Å². The van der Waals surface area contributed by atoms with Gasteiger partial charge in [-0.05, 0) is 42.5 Å². The molecule has 0 unspecified atom stereocenters. The molecule has 1 fully saturated rings. The number of hydrogen-bond acceptors (Lipinski definition) is 5. The van der Waals surface area contributed by atoms with Gasteiger partial charge < -0.3 is 4.74 Å². The molecule has 0 radical (unpaired) electrons. The van der Waals surface area contributed by atoms with E-state index in [0.29, 0.717) is 22.1 Å². The summed E-state index contributed by atoms with van der Waals surface area (Å²) >= 11 is 13.0. The van der Waals surface area contributed by atoms with Crippen molar-refractivity contribution in [1.29, 1.82) is 0 Å². The molecule has 0 N–H and O–H groups in total. The Kier molecular flexibility index (Phi) is 5.70. The summed E-state index contributed by atoms with van der Waals surface area (Å²) in [6.45, 7) is 0.572. The number of rotatable bonds is 4. The summed E-state index contributed by atoms with van der Waals surface area (Å²) in [6.07, 6.45) is 0.823. The van der Waals surface area contributed by atoms with Crippen LogP contribution in [0.2, 0.25) is 10.0 Å². The number of ether oxygens (including phenoxy) is 1. The quantitative estimate of drug-likeness (QED) is 0.553. The molecule has 2 aromatic rings. The molecular weight excluding hydrogens is 405 g/mol. The largest absolute Gasteiger partial charge is 0.425 e. The molecule has 1 aliphatic rings. The highest BCUT2D eigenvalue weighted by Crippen LogP contribution is 2.30. The number of halogens is 2. The zero-order valence-corrected chi connectivity index (χ0v) is 16.2. The van der Waals surface area contributed by atoms with E-state index >= 15 is 0 Å². The minimum Gasteiger partial charge on any atom is -0.425 e. The summed E-state index contributed by atoms with van der Waals surface area (Å²) in [7, 11) is -3.47. The first-order chi connectivity index (χ1) is 11.9. The zero-order valence-electron chi connectivity index (χ0n) is 13.0. The van der Waals surface area contributed by atoms with E-state index in [0.717, 1.165) is 0 Å². The van der Waals surface area contributed by atoms with Crippen LogP contribution < -0.4 is 4.74 Å². The zero-order chi connectivity index (χ0) is 18.0. The first kappa shape index (κ1) is 18.7. The Morgan fingerprint density at radius 2 is 1.92 bits per heavy atom. The van der Waals surface area contributed by atoms with E-state index in [1.165, 1.54) is 21.7 Å². The molecule has 2 heterocycles. The van der Waals surface area contributed by atoms with Crippen LogP contribution >= 0.6 is 34.5 Å². The Labute approximate surface area is 160 Å². The van der Waals surface area contributed by atoms with Crippen LogP contribution in [-0.2, 0) is 14.8 Å². The molecule has 3 rings (SSSR count). The van der Waals surface area contributed by atoms with Crippen molar-refractivity contribution in [3.63, 3.8) is 0 Å². The van der Waals surface area contributed by atoms with Gasteiger partial charge in [-0.2, -0.15) is 4.31 Å². The van der Waals surface area contributed by atoms with E-state index in [-0.39, 0.29) is 29.8 Å². The van der Waals surface area contributed by atoms with E-state index in [9.17, 15) is 13.2 Å². The second-order valence-corrected chi connectivity index (χ2v) is 9.56. The monoisotopic (exact) mass is 419 g/mol. The third-order valence-corrected chi connectivity index (χ3v) is 7.78. The highest BCUT2D eigenvalue weighted by molar-refractivity contribution is 7.91. The maximum Gasteiger partial charge on any atom is 0.314 e. The Balaban J connectivity index is 1.61. The number of carbonyl (C=O) groups is 1. The molecule has 0 atom stereocenters. The lowest BCUT2D eigenvalue weighted by Gasteiger charge is -2.29. The molecule has 0 saturated carbocycles. The maximum absolute atomic E-state index is 12.5. The fourth-order valence-corrected chi connectivity index (χ4v) is 5.68. The summed E-state index contributed by atoms with van der Waals surface area (Å²) in [5.74, 6) is -0.511. The number of carbonyl (C=O) groups excluding carboxylic acids is 1. The molecule has 0 bridgehead atoms. The normalized spacial score (nSPS) is 16.7. The van der Waals surface area contributed by atoms with Crippen molar-refractivity contribution in [1.82, 2.24) is 4.31 Å². The second-order valence-electron chi connectivity index (χ2n) is 5.61. The van der Waals surface area contributed by atoms with Crippen LogP contribution in [0.1, 0.15) is 12.8 Å². The molecule has 25 heavy (non-hydrogen) atoms. The van der Waals surface area contributed by atoms with Crippen LogP contribution in [0.4, 0.5) is 0 Å². The molecule has 0 aliphatic carbocycles. The number of nitrogens with zero attached hydrogens (tertiary/aromatic N) is 1. The van der Waals surface area contributed by atoms with Gasteiger partial charge in [0.25, 0.3) is 10.0 Å². The van der Waals surface area contributed by atoms with E-state index < -0.39 is 16.0 Å². The lowest BCUT2D eigenvalue weighted by atomic mass is 9.98. The average Bonchev–Trinajstić information content (AvgIpc) is 3.13. The summed E-state index contributed by atoms with van der Waals surface area (Å²) in [5, 5.41) is 2.45. The van der Waals surface area contributed by atoms with Gasteiger partial charge in [0.1, 0.15) is 9.96 Å². The number of thiophene rings is 1. The third-order valence-electron chi connectivity index (χ3n) is 3.98. The van der Waals surface area contributed by atoms with Gasteiger partial charge in [0.05, 0.1) is 10.9 Å². The van der Waals surface area contributed by atoms with E-state index in [2.05, 4.69) is 0 Å². The van der Waals surface area contributed by atoms with Crippen LogP contribution in [0.15, 0.2) is 39.9 Å². The summed E-state index contributed by atoms with van der Waals surface area (Å²) in [4.78, 5) is 12.3. The number of sulfonamides is 1. The fraction of sp³-hybridized carbons (Fsp3) is 0.312. The molecule has 1 aliphatic heterocycles. The molecule has 5 nitrogen and oxygen atoms in total. The van der Waals surface area contributed by atoms with Gasteiger partial charge in [-0.25, -0.2) is 8.42 Å². The minimum absolute atomic E-state index is 0.254. The first-order valence-corrected chi connectivity index (χ1v) is 10.7. The molecule has 0 amide bonds. The number of esters is 1. The van der Waals surface area contributed by atoms with Crippen molar-refractivity contribution in [2.24, 2.45) is 5.92 Å².